The molecule has 0 saturated carbocycles. The highest BCUT2D eigenvalue weighted by atomic mass is 32.1. The van der Waals surface area contributed by atoms with Gasteiger partial charge in [0.15, 0.2) is 0 Å². The Morgan fingerprint density at radius 1 is 0.429 bits per heavy atom. The number of benzene rings is 9. The molecule has 0 atom stereocenters. The van der Waals surface area contributed by atoms with Crippen molar-refractivity contribution in [2.45, 2.75) is 0 Å². The second kappa shape index (κ2) is 12.2. The van der Waals surface area contributed by atoms with E-state index in [2.05, 4.69) is 204 Å². The summed E-state index contributed by atoms with van der Waals surface area (Å²) in [7, 11) is 0. The Hall–Kier alpha value is -7.14. The van der Waals surface area contributed by atoms with E-state index in [1.165, 1.54) is 58.5 Å². The molecule has 0 radical (unpaired) electrons. The monoisotopic (exact) mass is 732 g/mol. The molecule has 3 heterocycles. The van der Waals surface area contributed by atoms with Gasteiger partial charge in [0, 0.05) is 47.4 Å². The smallest absolute Gasteiger partial charge is 0.143 e. The van der Waals surface area contributed by atoms with Crippen LogP contribution in [0.5, 0.6) is 0 Å². The van der Waals surface area contributed by atoms with Crippen LogP contribution in [0, 0.1) is 0 Å². The molecule has 9 aromatic carbocycles. The first-order valence-electron chi connectivity index (χ1n) is 19.0. The molecule has 3 aromatic heterocycles. The first kappa shape index (κ1) is 31.2. The third-order valence-electron chi connectivity index (χ3n) is 11.4. The van der Waals surface area contributed by atoms with Crippen LogP contribution in [0.15, 0.2) is 199 Å². The van der Waals surface area contributed by atoms with Crippen LogP contribution >= 0.6 is 11.3 Å². The van der Waals surface area contributed by atoms with Crippen molar-refractivity contribution in [1.82, 2.24) is 4.57 Å². The summed E-state index contributed by atoms with van der Waals surface area (Å²) in [5.41, 5.74) is 10.8. The third-order valence-corrected chi connectivity index (χ3v) is 12.5. The molecule has 0 fully saturated rings. The molecule has 0 saturated heterocycles. The van der Waals surface area contributed by atoms with E-state index in [1.807, 2.05) is 11.3 Å². The number of fused-ring (bicyclic) bond motifs is 11. The third kappa shape index (κ3) is 4.63. The minimum atomic E-state index is 0.862. The molecule has 12 aromatic rings. The van der Waals surface area contributed by atoms with Crippen molar-refractivity contribution in [3.8, 4) is 16.8 Å². The average Bonchev–Trinajstić information content (AvgIpc) is 3.94. The number of nitrogens with zero attached hydrogens (tertiary/aromatic N) is 2. The van der Waals surface area contributed by atoms with Crippen LogP contribution in [0.4, 0.5) is 17.1 Å². The second-order valence-electron chi connectivity index (χ2n) is 14.5. The SMILES string of the molecule is c1ccc(-n2c3ccccc3c3ccccc32)c(N(c2ccc(-c3ccc4sc5ccccc5c4c3)cc2)c2cccc3oc4c5ccccc5ccc4c23)c1. The maximum Gasteiger partial charge on any atom is 0.143 e. The zero-order chi connectivity index (χ0) is 36.7. The van der Waals surface area contributed by atoms with E-state index in [1.54, 1.807) is 0 Å². The van der Waals surface area contributed by atoms with Crippen LogP contribution in [0.3, 0.4) is 0 Å². The maximum absolute atomic E-state index is 6.75. The number of aromatic nitrogens is 1. The zero-order valence-electron chi connectivity index (χ0n) is 30.2. The van der Waals surface area contributed by atoms with Gasteiger partial charge in [0.2, 0.25) is 0 Å². The summed E-state index contributed by atoms with van der Waals surface area (Å²) in [6.07, 6.45) is 0. The van der Waals surface area contributed by atoms with Crippen molar-refractivity contribution in [1.29, 1.82) is 0 Å². The van der Waals surface area contributed by atoms with Crippen molar-refractivity contribution in [3.63, 3.8) is 0 Å². The number of para-hydroxylation sites is 4. The first-order valence-corrected chi connectivity index (χ1v) is 19.8. The number of furan rings is 1. The molecule has 0 aliphatic rings. The van der Waals surface area contributed by atoms with E-state index in [4.69, 9.17) is 4.42 Å². The van der Waals surface area contributed by atoms with E-state index < -0.39 is 0 Å². The van der Waals surface area contributed by atoms with Crippen molar-refractivity contribution in [2.75, 3.05) is 4.90 Å². The fraction of sp³-hybridized carbons (Fsp3) is 0. The van der Waals surface area contributed by atoms with E-state index >= 15 is 0 Å². The Morgan fingerprint density at radius 2 is 1.07 bits per heavy atom. The molecule has 56 heavy (non-hydrogen) atoms. The predicted molar refractivity (Wildman–Crippen MR) is 239 cm³/mol. The Morgan fingerprint density at radius 3 is 1.89 bits per heavy atom. The minimum absolute atomic E-state index is 0.862. The van der Waals surface area contributed by atoms with Gasteiger partial charge in [-0.15, -0.1) is 11.3 Å². The van der Waals surface area contributed by atoms with Gasteiger partial charge < -0.3 is 13.9 Å². The molecular formula is C52H32N2OS. The first-order chi connectivity index (χ1) is 27.8. The van der Waals surface area contributed by atoms with Gasteiger partial charge in [-0.3, -0.25) is 0 Å². The number of hydrogen-bond donors (Lipinski definition) is 0. The van der Waals surface area contributed by atoms with Crippen LogP contribution < -0.4 is 4.90 Å². The van der Waals surface area contributed by atoms with Gasteiger partial charge >= 0.3 is 0 Å². The summed E-state index contributed by atoms with van der Waals surface area (Å²) in [5.74, 6) is 0. The fourth-order valence-electron chi connectivity index (χ4n) is 8.86. The van der Waals surface area contributed by atoms with E-state index in [-0.39, 0.29) is 0 Å². The lowest BCUT2D eigenvalue weighted by Crippen LogP contribution is -2.13. The van der Waals surface area contributed by atoms with E-state index in [9.17, 15) is 0 Å². The number of thiophene rings is 1. The van der Waals surface area contributed by atoms with Crippen LogP contribution in [0.1, 0.15) is 0 Å². The Kier molecular flexibility index (Phi) is 6.80. The molecule has 0 amide bonds. The summed E-state index contributed by atoms with van der Waals surface area (Å²) in [5, 5.41) is 9.55. The molecule has 0 unspecified atom stereocenters. The van der Waals surface area contributed by atoms with Crippen molar-refractivity contribution >= 4 is 103 Å². The van der Waals surface area contributed by atoms with Crippen molar-refractivity contribution < 1.29 is 4.42 Å². The lowest BCUT2D eigenvalue weighted by molar-refractivity contribution is 0.672. The van der Waals surface area contributed by atoms with Gasteiger partial charge in [-0.2, -0.15) is 0 Å². The fourth-order valence-corrected chi connectivity index (χ4v) is 9.95. The zero-order valence-corrected chi connectivity index (χ0v) is 31.0. The highest BCUT2D eigenvalue weighted by Gasteiger charge is 2.24. The van der Waals surface area contributed by atoms with Gasteiger partial charge in [0.05, 0.1) is 33.5 Å². The summed E-state index contributed by atoms with van der Waals surface area (Å²) < 4.78 is 11.8. The molecule has 262 valence electrons. The van der Waals surface area contributed by atoms with E-state index in [0.29, 0.717) is 0 Å². The summed E-state index contributed by atoms with van der Waals surface area (Å²) in [4.78, 5) is 2.42. The summed E-state index contributed by atoms with van der Waals surface area (Å²) in [6, 6.07) is 70.2. The van der Waals surface area contributed by atoms with Gasteiger partial charge in [-0.25, -0.2) is 0 Å². The number of hydrogen-bond acceptors (Lipinski definition) is 3. The maximum atomic E-state index is 6.75. The van der Waals surface area contributed by atoms with Gasteiger partial charge in [0.1, 0.15) is 11.2 Å². The summed E-state index contributed by atoms with van der Waals surface area (Å²) in [6.45, 7) is 0. The second-order valence-corrected chi connectivity index (χ2v) is 15.5. The van der Waals surface area contributed by atoms with Gasteiger partial charge in [-0.1, -0.05) is 121 Å². The standard InChI is InChI=1S/C52H32N2OS/c1-2-13-37-34(12-1)26-30-41-51-47(21-11-22-48(51)55-52(37)41)53(36-28-24-33(25-29-36)35-27-31-50-42(32-35)40-16-5-10-23-49(40)56-50)45-19-8-9-20-46(45)54-43-17-6-3-14-38(43)39-15-4-7-18-44(39)54/h1-32H. The quantitative estimate of drug-likeness (QED) is 0.176. The van der Waals surface area contributed by atoms with Gasteiger partial charge in [-0.05, 0) is 89.3 Å². The average molecular weight is 733 g/mol. The minimum Gasteiger partial charge on any atom is -0.455 e. The largest absolute Gasteiger partial charge is 0.455 e. The predicted octanol–water partition coefficient (Wildman–Crippen LogP) is 15.3. The molecular weight excluding hydrogens is 701 g/mol. The number of rotatable bonds is 5. The highest BCUT2D eigenvalue weighted by molar-refractivity contribution is 7.25. The lowest BCUT2D eigenvalue weighted by atomic mass is 10.0. The molecule has 3 nitrogen and oxygen atoms in total. The Balaban J connectivity index is 1.11. The normalized spacial score (nSPS) is 11.9. The van der Waals surface area contributed by atoms with Crippen LogP contribution in [0.25, 0.3) is 91.5 Å². The molecule has 4 heteroatoms. The topological polar surface area (TPSA) is 21.3 Å². The number of anilines is 3. The Bertz CT molecular complexity index is 3440. The molecule has 12 rings (SSSR count). The molecule has 0 aliphatic heterocycles. The molecule has 0 N–H and O–H groups in total. The van der Waals surface area contributed by atoms with Crippen molar-refractivity contribution in [3.05, 3.63) is 194 Å². The lowest BCUT2D eigenvalue weighted by Gasteiger charge is -2.29. The molecule has 0 aliphatic carbocycles. The molecule has 0 spiro atoms. The summed E-state index contributed by atoms with van der Waals surface area (Å²) >= 11 is 1.85. The van der Waals surface area contributed by atoms with Crippen LogP contribution in [-0.2, 0) is 0 Å². The van der Waals surface area contributed by atoms with Crippen LogP contribution in [-0.4, -0.2) is 4.57 Å². The van der Waals surface area contributed by atoms with Crippen molar-refractivity contribution in [2.24, 2.45) is 0 Å². The Labute approximate surface area is 326 Å². The highest BCUT2D eigenvalue weighted by Crippen LogP contribution is 2.47. The van der Waals surface area contributed by atoms with Gasteiger partial charge in [0.25, 0.3) is 0 Å². The molecule has 0 bridgehead atoms. The van der Waals surface area contributed by atoms with Crippen LogP contribution in [0.2, 0.25) is 0 Å². The van der Waals surface area contributed by atoms with E-state index in [0.717, 1.165) is 50.1 Å².